The van der Waals surface area contributed by atoms with E-state index in [1.165, 1.54) is 0 Å². The number of aliphatic hydroxyl groups excluding tert-OH is 1. The molecule has 118 valence electrons. The first kappa shape index (κ1) is 16.5. The summed E-state index contributed by atoms with van der Waals surface area (Å²) in [5.41, 5.74) is 0.779. The topological polar surface area (TPSA) is 88.2 Å². The van der Waals surface area contributed by atoms with Crippen molar-refractivity contribution < 1.29 is 14.4 Å². The van der Waals surface area contributed by atoms with E-state index in [1.807, 2.05) is 13.8 Å². The van der Waals surface area contributed by atoms with Gasteiger partial charge in [-0.3, -0.25) is 4.79 Å². The van der Waals surface area contributed by atoms with Gasteiger partial charge in [-0.15, -0.1) is 0 Å². The van der Waals surface area contributed by atoms with E-state index < -0.39 is 6.10 Å². The van der Waals surface area contributed by atoms with Crippen LogP contribution in [0.5, 0.6) is 0 Å². The van der Waals surface area contributed by atoms with E-state index in [1.54, 1.807) is 24.3 Å². The van der Waals surface area contributed by atoms with Crippen LogP contribution in [0.15, 0.2) is 28.8 Å². The quantitative estimate of drug-likeness (QED) is 0.852. The number of hydrogen-bond donors (Lipinski definition) is 2. The number of halogens is 1. The highest BCUT2D eigenvalue weighted by Gasteiger charge is 2.15. The van der Waals surface area contributed by atoms with Crippen LogP contribution < -0.4 is 5.32 Å². The molecule has 1 heterocycles. The zero-order valence-electron chi connectivity index (χ0n) is 12.4. The Bertz CT molecular complexity index is 625. The lowest BCUT2D eigenvalue weighted by Gasteiger charge is -2.13. The number of nitrogens with zero attached hydrogens (tertiary/aromatic N) is 2. The lowest BCUT2D eigenvalue weighted by Crippen LogP contribution is -2.29. The zero-order chi connectivity index (χ0) is 16.1. The second kappa shape index (κ2) is 7.38. The monoisotopic (exact) mass is 323 g/mol. The van der Waals surface area contributed by atoms with Gasteiger partial charge in [0.05, 0.1) is 19.1 Å². The van der Waals surface area contributed by atoms with Gasteiger partial charge in [-0.25, -0.2) is 0 Å². The van der Waals surface area contributed by atoms with E-state index in [2.05, 4.69) is 15.5 Å². The third-order valence-electron chi connectivity index (χ3n) is 3.17. The summed E-state index contributed by atoms with van der Waals surface area (Å²) >= 11 is 5.82. The summed E-state index contributed by atoms with van der Waals surface area (Å²) in [5, 5.41) is 16.8. The number of aromatic nitrogens is 2. The number of rotatable bonds is 6. The Morgan fingerprint density at radius 1 is 1.36 bits per heavy atom. The van der Waals surface area contributed by atoms with Gasteiger partial charge in [0.15, 0.2) is 0 Å². The number of carbonyl (C=O) groups is 1. The molecular formula is C15H18ClN3O3. The van der Waals surface area contributed by atoms with Crippen molar-refractivity contribution >= 4 is 17.5 Å². The molecule has 0 bridgehead atoms. The van der Waals surface area contributed by atoms with Gasteiger partial charge in [0.1, 0.15) is 0 Å². The largest absolute Gasteiger partial charge is 0.392 e. The van der Waals surface area contributed by atoms with Crippen molar-refractivity contribution in [2.75, 3.05) is 0 Å². The van der Waals surface area contributed by atoms with E-state index in [-0.39, 0.29) is 24.8 Å². The van der Waals surface area contributed by atoms with Gasteiger partial charge in [-0.05, 0) is 30.2 Å². The predicted octanol–water partition coefficient (Wildman–Crippen LogP) is 2.41. The van der Waals surface area contributed by atoms with Crippen molar-refractivity contribution in [3.8, 4) is 11.4 Å². The van der Waals surface area contributed by atoms with Crippen LogP contribution in [0.2, 0.25) is 5.02 Å². The molecule has 2 rings (SSSR count). The molecule has 0 spiro atoms. The average molecular weight is 324 g/mol. The molecule has 1 atom stereocenters. The number of carbonyl (C=O) groups excluding carboxylic acids is 1. The van der Waals surface area contributed by atoms with E-state index >= 15 is 0 Å². The van der Waals surface area contributed by atoms with Gasteiger partial charge < -0.3 is 14.9 Å². The summed E-state index contributed by atoms with van der Waals surface area (Å²) in [6.45, 7) is 3.84. The van der Waals surface area contributed by atoms with Crippen molar-refractivity contribution in [3.05, 3.63) is 35.2 Å². The Hall–Kier alpha value is -1.92. The summed E-state index contributed by atoms with van der Waals surface area (Å²) in [4.78, 5) is 15.9. The lowest BCUT2D eigenvalue weighted by molar-refractivity contribution is -0.123. The number of nitrogens with one attached hydrogen (secondary N) is 1. The molecule has 0 aliphatic rings. The smallest absolute Gasteiger partial charge is 0.246 e. The lowest BCUT2D eigenvalue weighted by atomic mass is 10.0. The molecule has 0 fully saturated rings. The summed E-state index contributed by atoms with van der Waals surface area (Å²) in [7, 11) is 0. The van der Waals surface area contributed by atoms with Crippen LogP contribution in [0.1, 0.15) is 26.2 Å². The first-order chi connectivity index (χ1) is 10.5. The van der Waals surface area contributed by atoms with Crippen LogP contribution in [0.4, 0.5) is 0 Å². The van der Waals surface area contributed by atoms with E-state index in [0.29, 0.717) is 16.7 Å². The maximum Gasteiger partial charge on any atom is 0.246 e. The fraction of sp³-hybridized carbons (Fsp3) is 0.400. The van der Waals surface area contributed by atoms with Crippen LogP contribution in [0, 0.1) is 5.92 Å². The molecule has 0 aliphatic carbocycles. The molecule has 0 aliphatic heterocycles. The first-order valence-corrected chi connectivity index (χ1v) is 7.37. The number of aliphatic hydroxyl groups is 1. The second-order valence-corrected chi connectivity index (χ2v) is 5.75. The fourth-order valence-corrected chi connectivity index (χ4v) is 1.84. The Morgan fingerprint density at radius 2 is 2.05 bits per heavy atom. The van der Waals surface area contributed by atoms with E-state index in [9.17, 15) is 9.90 Å². The van der Waals surface area contributed by atoms with Crippen LogP contribution in [0.3, 0.4) is 0 Å². The molecular weight excluding hydrogens is 306 g/mol. The van der Waals surface area contributed by atoms with Crippen LogP contribution in [-0.4, -0.2) is 27.3 Å². The number of hydrogen-bond acceptors (Lipinski definition) is 5. The van der Waals surface area contributed by atoms with E-state index in [4.69, 9.17) is 16.1 Å². The Labute approximate surface area is 133 Å². The normalized spacial score (nSPS) is 12.4. The predicted molar refractivity (Wildman–Crippen MR) is 82.1 cm³/mol. The Balaban J connectivity index is 1.90. The fourth-order valence-electron chi connectivity index (χ4n) is 1.71. The highest BCUT2D eigenvalue weighted by molar-refractivity contribution is 6.30. The average Bonchev–Trinajstić information content (AvgIpc) is 2.94. The standard InChI is InChI=1S/C15H18ClN3O3/c1-9(2)12(20)7-13(21)17-8-14-18-15(19-22-14)10-3-5-11(16)6-4-10/h3-6,9,12,20H,7-8H2,1-2H3,(H,17,21). The van der Waals surface area contributed by atoms with Gasteiger partial charge >= 0.3 is 0 Å². The molecule has 7 heteroatoms. The number of amides is 1. The minimum absolute atomic E-state index is 0.0330. The first-order valence-electron chi connectivity index (χ1n) is 6.99. The third-order valence-corrected chi connectivity index (χ3v) is 3.42. The Morgan fingerprint density at radius 3 is 2.68 bits per heavy atom. The van der Waals surface area contributed by atoms with Gasteiger partial charge in [0.25, 0.3) is 0 Å². The van der Waals surface area contributed by atoms with Crippen LogP contribution >= 0.6 is 11.6 Å². The van der Waals surface area contributed by atoms with Crippen molar-refractivity contribution in [1.29, 1.82) is 0 Å². The van der Waals surface area contributed by atoms with Crippen molar-refractivity contribution in [1.82, 2.24) is 15.5 Å². The molecule has 6 nitrogen and oxygen atoms in total. The van der Waals surface area contributed by atoms with E-state index in [0.717, 1.165) is 5.56 Å². The summed E-state index contributed by atoms with van der Waals surface area (Å²) in [6.07, 6.45) is -0.608. The molecule has 1 aromatic heterocycles. The highest BCUT2D eigenvalue weighted by atomic mass is 35.5. The van der Waals surface area contributed by atoms with Gasteiger partial charge in [-0.2, -0.15) is 4.98 Å². The van der Waals surface area contributed by atoms with Crippen LogP contribution in [-0.2, 0) is 11.3 Å². The molecule has 1 aromatic carbocycles. The summed E-state index contributed by atoms with van der Waals surface area (Å²) < 4.78 is 5.08. The van der Waals surface area contributed by atoms with Gasteiger partial charge in [0, 0.05) is 10.6 Å². The highest BCUT2D eigenvalue weighted by Crippen LogP contribution is 2.18. The molecule has 0 saturated carbocycles. The third kappa shape index (κ3) is 4.54. The molecule has 0 saturated heterocycles. The SMILES string of the molecule is CC(C)C(O)CC(=O)NCc1nc(-c2ccc(Cl)cc2)no1. The molecule has 1 unspecified atom stereocenters. The molecule has 22 heavy (non-hydrogen) atoms. The van der Waals surface area contributed by atoms with Crippen LogP contribution in [0.25, 0.3) is 11.4 Å². The van der Waals surface area contributed by atoms with Gasteiger partial charge in [0.2, 0.25) is 17.6 Å². The minimum atomic E-state index is -0.660. The minimum Gasteiger partial charge on any atom is -0.392 e. The van der Waals surface area contributed by atoms with Gasteiger partial charge in [-0.1, -0.05) is 30.6 Å². The zero-order valence-corrected chi connectivity index (χ0v) is 13.2. The molecule has 0 radical (unpaired) electrons. The summed E-state index contributed by atoms with van der Waals surface area (Å²) in [5.74, 6) is 0.513. The molecule has 1 amide bonds. The molecule has 2 N–H and O–H groups in total. The maximum atomic E-state index is 11.7. The molecule has 2 aromatic rings. The number of benzene rings is 1. The second-order valence-electron chi connectivity index (χ2n) is 5.31. The van der Waals surface area contributed by atoms with Crippen molar-refractivity contribution in [3.63, 3.8) is 0 Å². The maximum absolute atomic E-state index is 11.7. The Kier molecular flexibility index (Phi) is 5.51. The van der Waals surface area contributed by atoms with Crippen molar-refractivity contribution in [2.24, 2.45) is 5.92 Å². The van der Waals surface area contributed by atoms with Crippen molar-refractivity contribution in [2.45, 2.75) is 32.9 Å². The summed E-state index contributed by atoms with van der Waals surface area (Å²) in [6, 6.07) is 7.05.